The molecule has 2 saturated heterocycles. The van der Waals surface area contributed by atoms with Crippen LogP contribution < -0.4 is 4.90 Å². The summed E-state index contributed by atoms with van der Waals surface area (Å²) < 4.78 is 6.47. The normalized spacial score (nSPS) is 44.7. The van der Waals surface area contributed by atoms with Gasteiger partial charge in [-0.15, -0.1) is 0 Å². The molecule has 2 aliphatic heterocycles. The minimum absolute atomic E-state index is 0.0103. The van der Waals surface area contributed by atoms with Crippen molar-refractivity contribution >= 4 is 17.4 Å². The zero-order chi connectivity index (χ0) is 41.5. The number of epoxide rings is 1. The van der Waals surface area contributed by atoms with Gasteiger partial charge >= 0.3 is 0 Å². The maximum Gasteiger partial charge on any atom is 0.233 e. The maximum atomic E-state index is 14.7. The molecule has 1 amide bonds. The summed E-state index contributed by atoms with van der Waals surface area (Å²) in [5, 5.41) is 60.2. The van der Waals surface area contributed by atoms with E-state index in [1.165, 1.54) is 6.42 Å². The Balaban J connectivity index is 1.04. The molecule has 0 aromatic heterocycles. The Kier molecular flexibility index (Phi) is 9.42. The van der Waals surface area contributed by atoms with E-state index in [1.54, 1.807) is 12.1 Å². The third kappa shape index (κ3) is 5.51. The molecule has 2 heterocycles. The van der Waals surface area contributed by atoms with Crippen molar-refractivity contribution < 1.29 is 39.9 Å². The Bertz CT molecular complexity index is 1940. The quantitative estimate of drug-likeness (QED) is 0.142. The minimum atomic E-state index is -1.42. The van der Waals surface area contributed by atoms with Gasteiger partial charge in [0.05, 0.1) is 29.3 Å². The molecule has 5 saturated carbocycles. The Morgan fingerprint density at radius 2 is 1.63 bits per heavy atom. The summed E-state index contributed by atoms with van der Waals surface area (Å²) in [5.41, 5.74) is -2.09. The fraction of sp³-hybridized carbons (Fsp3) is 0.760. The van der Waals surface area contributed by atoms with Gasteiger partial charge in [0.25, 0.3) is 0 Å². The molecule has 2 spiro atoms. The fourth-order valence-electron chi connectivity index (χ4n) is 16.1. The van der Waals surface area contributed by atoms with E-state index in [4.69, 9.17) is 4.74 Å². The van der Waals surface area contributed by atoms with Crippen LogP contribution >= 0.6 is 0 Å². The summed E-state index contributed by atoms with van der Waals surface area (Å²) in [6.45, 7) is 9.36. The molecule has 13 atom stereocenters. The van der Waals surface area contributed by atoms with E-state index < -0.39 is 40.2 Å². The van der Waals surface area contributed by atoms with Gasteiger partial charge in [-0.3, -0.25) is 9.59 Å². The molecule has 59 heavy (non-hydrogen) atoms. The summed E-state index contributed by atoms with van der Waals surface area (Å²) in [6, 6.07) is 5.66. The van der Waals surface area contributed by atoms with Gasteiger partial charge in [-0.05, 0) is 135 Å². The van der Waals surface area contributed by atoms with Crippen molar-refractivity contribution in [1.82, 2.24) is 0 Å². The fourth-order valence-corrected chi connectivity index (χ4v) is 16.1. The highest BCUT2D eigenvalue weighted by molar-refractivity contribution is 6.01. The molecule has 9 heteroatoms. The molecule has 1 aromatic rings. The third-order valence-electron chi connectivity index (χ3n) is 19.5. The standard InChI is InChI=1S/C50H69NO8/c1-29(2)30(3)42-43(59-42)49(57)18-10-11-32-23-35-36(25-38(53)37-26-39(54)40(55)27-45(35,37)4)50(58)20-13-41(49)48(32,50)19-12-31-21-33(24-34(52)22-31)51-28-46(14-8-9-15-46)47(44(51)56)16-6-5-7-17-47/h10-11,21-22,24-25,29-30,32,35,37,39-43,52,54-55,57-58H,5-9,12-20,23,26-28H2,1-4H3/t30-,32+,35-,37-,39-,40+,41+,42-,43-,45-,48-,49+,50+/m1/s1. The van der Waals surface area contributed by atoms with Crippen LogP contribution in [0.2, 0.25) is 0 Å². The second-order valence-corrected chi connectivity index (χ2v) is 22.1. The molecule has 0 radical (unpaired) electrons. The molecule has 7 fully saturated rings. The summed E-state index contributed by atoms with van der Waals surface area (Å²) in [7, 11) is 0. The second-order valence-electron chi connectivity index (χ2n) is 22.1. The van der Waals surface area contributed by atoms with Gasteiger partial charge in [-0.25, -0.2) is 0 Å². The number of ether oxygens (including phenoxy) is 1. The molecule has 0 bridgehead atoms. The van der Waals surface area contributed by atoms with Gasteiger partial charge in [-0.2, -0.15) is 0 Å². The number of aromatic hydroxyl groups is 1. The first-order valence-electron chi connectivity index (χ1n) is 23.6. The second kappa shape index (κ2) is 13.7. The number of anilines is 1. The first kappa shape index (κ1) is 40.5. The summed E-state index contributed by atoms with van der Waals surface area (Å²) >= 11 is 0. The molecular weight excluding hydrogens is 743 g/mol. The number of aliphatic hydroxyl groups excluding tert-OH is 2. The highest BCUT2D eigenvalue weighted by Gasteiger charge is 2.76. The predicted octanol–water partition coefficient (Wildman–Crippen LogP) is 7.34. The minimum Gasteiger partial charge on any atom is -0.508 e. The number of benzene rings is 1. The zero-order valence-corrected chi connectivity index (χ0v) is 35.9. The smallest absolute Gasteiger partial charge is 0.233 e. The number of phenols is 1. The molecule has 322 valence electrons. The Morgan fingerprint density at radius 1 is 0.898 bits per heavy atom. The van der Waals surface area contributed by atoms with Gasteiger partial charge < -0.3 is 35.2 Å². The number of phenolic OH excluding ortho intramolecular Hbond substituents is 1. The van der Waals surface area contributed by atoms with Gasteiger partial charge in [0.15, 0.2) is 5.78 Å². The Hall–Kier alpha value is -2.56. The molecule has 0 unspecified atom stereocenters. The van der Waals surface area contributed by atoms with E-state index in [-0.39, 0.29) is 77.0 Å². The van der Waals surface area contributed by atoms with E-state index in [0.717, 1.165) is 68.2 Å². The number of allylic oxidation sites excluding steroid dienone is 2. The largest absolute Gasteiger partial charge is 0.508 e. The predicted molar refractivity (Wildman–Crippen MR) is 224 cm³/mol. The number of hydrogen-bond acceptors (Lipinski definition) is 8. The van der Waals surface area contributed by atoms with Crippen molar-refractivity contribution in [2.75, 3.05) is 11.4 Å². The first-order chi connectivity index (χ1) is 28.0. The number of rotatable bonds is 7. The Labute approximate surface area is 350 Å². The highest BCUT2D eigenvalue weighted by atomic mass is 16.6. The van der Waals surface area contributed by atoms with Crippen molar-refractivity contribution in [3.05, 3.63) is 47.6 Å². The van der Waals surface area contributed by atoms with Crippen LogP contribution in [0.15, 0.2) is 42.0 Å². The van der Waals surface area contributed by atoms with Crippen molar-refractivity contribution in [3.63, 3.8) is 0 Å². The monoisotopic (exact) mass is 812 g/mol. The number of carbonyl (C=O) groups is 2. The van der Waals surface area contributed by atoms with E-state index in [2.05, 4.69) is 45.9 Å². The van der Waals surface area contributed by atoms with Gasteiger partial charge in [0.2, 0.25) is 5.91 Å². The van der Waals surface area contributed by atoms with Gasteiger partial charge in [-0.1, -0.05) is 72.0 Å². The van der Waals surface area contributed by atoms with Crippen molar-refractivity contribution in [2.45, 2.75) is 172 Å². The zero-order valence-electron chi connectivity index (χ0n) is 35.9. The molecule has 7 aliphatic carbocycles. The molecule has 9 aliphatic rings. The SMILES string of the molecule is CC(C)[C@@H](C)[C@H]1O[C@H]1[C@]1(O)CC=C[C@H]2C[C@@H]3C(=CC(=O)[C@H]4C[C@@H](O)[C@@H](O)C[C@@]43C)[C@@]3(O)CC[C@H]1[C@@]23CCc1cc(O)cc(N2CC3(CCCC3)C3(CCCCC3)C2=O)c1. The third-order valence-corrected chi connectivity index (χ3v) is 19.5. The number of aryl methyl sites for hydroxylation is 1. The molecule has 5 N–H and O–H groups in total. The highest BCUT2D eigenvalue weighted by Crippen LogP contribution is 2.74. The molecule has 9 nitrogen and oxygen atoms in total. The number of ketones is 1. The van der Waals surface area contributed by atoms with E-state index in [1.807, 2.05) is 11.0 Å². The van der Waals surface area contributed by atoms with Crippen LogP contribution in [-0.4, -0.2) is 79.4 Å². The average Bonchev–Trinajstić information content (AvgIpc) is 3.71. The number of amides is 1. The summed E-state index contributed by atoms with van der Waals surface area (Å²) in [5.74, 6) is -0.203. The van der Waals surface area contributed by atoms with Gasteiger partial charge in [0, 0.05) is 41.0 Å². The van der Waals surface area contributed by atoms with E-state index >= 15 is 0 Å². The maximum absolute atomic E-state index is 14.7. The topological polar surface area (TPSA) is 151 Å². The molecular formula is C50H69NO8. The number of aliphatic hydroxyl groups is 4. The van der Waals surface area contributed by atoms with Crippen LogP contribution in [0, 0.1) is 57.2 Å². The number of carbonyl (C=O) groups excluding carboxylic acids is 2. The lowest BCUT2D eigenvalue weighted by atomic mass is 9.42. The van der Waals surface area contributed by atoms with Crippen molar-refractivity contribution in [3.8, 4) is 5.75 Å². The van der Waals surface area contributed by atoms with Crippen molar-refractivity contribution in [2.24, 2.45) is 57.2 Å². The van der Waals surface area contributed by atoms with Crippen LogP contribution in [0.1, 0.15) is 136 Å². The van der Waals surface area contributed by atoms with Crippen LogP contribution in [0.25, 0.3) is 0 Å². The number of nitrogens with zero attached hydrogens (tertiary/aromatic N) is 1. The van der Waals surface area contributed by atoms with Crippen LogP contribution in [0.5, 0.6) is 5.75 Å². The number of fused-ring (bicyclic) bond motifs is 5. The van der Waals surface area contributed by atoms with Gasteiger partial charge in [0.1, 0.15) is 17.5 Å². The lowest BCUT2D eigenvalue weighted by Crippen LogP contribution is -2.66. The van der Waals surface area contributed by atoms with Crippen molar-refractivity contribution in [1.29, 1.82) is 0 Å². The summed E-state index contributed by atoms with van der Waals surface area (Å²) in [4.78, 5) is 30.9. The average molecular weight is 812 g/mol. The summed E-state index contributed by atoms with van der Waals surface area (Å²) in [6.07, 6.45) is 17.1. The molecule has 1 aromatic carbocycles. The lowest BCUT2D eigenvalue weighted by molar-refractivity contribution is -0.182. The van der Waals surface area contributed by atoms with Crippen LogP contribution in [0.3, 0.4) is 0 Å². The van der Waals surface area contributed by atoms with Crippen LogP contribution in [-0.2, 0) is 20.7 Å². The molecule has 10 rings (SSSR count). The lowest BCUT2D eigenvalue weighted by Gasteiger charge is -2.63. The van der Waals surface area contributed by atoms with E-state index in [9.17, 15) is 35.1 Å². The Morgan fingerprint density at radius 3 is 2.36 bits per heavy atom. The number of hydrogen-bond donors (Lipinski definition) is 5. The first-order valence-corrected chi connectivity index (χ1v) is 23.6. The van der Waals surface area contributed by atoms with Crippen LogP contribution in [0.4, 0.5) is 5.69 Å². The van der Waals surface area contributed by atoms with E-state index in [0.29, 0.717) is 51.0 Å².